The topological polar surface area (TPSA) is 116 Å². The van der Waals surface area contributed by atoms with Gasteiger partial charge in [-0.25, -0.2) is 9.89 Å². The highest BCUT2D eigenvalue weighted by Crippen LogP contribution is 2.34. The van der Waals surface area contributed by atoms with Crippen LogP contribution in [0.2, 0.25) is 0 Å². The lowest BCUT2D eigenvalue weighted by atomic mass is 10.1. The minimum absolute atomic E-state index is 0.158. The zero-order valence-electron chi connectivity index (χ0n) is 17.5. The minimum atomic E-state index is -0.671. The summed E-state index contributed by atoms with van der Waals surface area (Å²) in [5, 5.41) is 12.3. The first-order valence-electron chi connectivity index (χ1n) is 10.4. The van der Waals surface area contributed by atoms with E-state index in [1.807, 2.05) is 42.5 Å². The van der Waals surface area contributed by atoms with Gasteiger partial charge in [-0.1, -0.05) is 30.0 Å². The fourth-order valence-electron chi connectivity index (χ4n) is 3.79. The third-order valence-electron chi connectivity index (χ3n) is 5.39. The van der Waals surface area contributed by atoms with E-state index in [9.17, 15) is 9.59 Å². The van der Waals surface area contributed by atoms with Gasteiger partial charge in [-0.3, -0.25) is 14.6 Å². The number of carbonyl (C=O) groups excluding carboxylic acids is 2. The van der Waals surface area contributed by atoms with Crippen LogP contribution >= 0.6 is 11.8 Å². The standard InChI is InChI=1S/C23H19N5O4S/c24-9-10-33-23-27-16-4-2-1-3-15(16)21-26-17(22(30)28(21)23)6-8-20(29)25-12-14-5-7-18-19(11-14)32-13-31-18/h1-5,7,11,17H,6,8,10,12-13H2,(H,25,29)/t17-/m1/s1. The van der Waals surface area contributed by atoms with Crippen molar-refractivity contribution in [2.75, 3.05) is 12.5 Å². The predicted octanol–water partition coefficient (Wildman–Crippen LogP) is 2.73. The van der Waals surface area contributed by atoms with Gasteiger partial charge in [0.25, 0.3) is 5.91 Å². The van der Waals surface area contributed by atoms with Crippen molar-refractivity contribution in [3.63, 3.8) is 0 Å². The lowest BCUT2D eigenvalue weighted by molar-refractivity contribution is -0.125. The van der Waals surface area contributed by atoms with Gasteiger partial charge in [0.2, 0.25) is 12.7 Å². The highest BCUT2D eigenvalue weighted by atomic mass is 32.2. The number of ether oxygens (including phenoxy) is 2. The maximum atomic E-state index is 13.1. The first kappa shape index (κ1) is 21.0. The Kier molecular flexibility index (Phi) is 5.71. The van der Waals surface area contributed by atoms with Gasteiger partial charge in [-0.05, 0) is 36.2 Å². The fraction of sp³-hybridized carbons (Fsp3) is 0.261. The number of amides is 2. The molecule has 0 unspecified atom stereocenters. The van der Waals surface area contributed by atoms with Gasteiger partial charge in [-0.15, -0.1) is 0 Å². The molecule has 3 heterocycles. The Balaban J connectivity index is 1.23. The molecular weight excluding hydrogens is 442 g/mol. The maximum absolute atomic E-state index is 13.1. The summed E-state index contributed by atoms with van der Waals surface area (Å²) in [7, 11) is 0. The SMILES string of the molecule is N#CCSC1=Nc2ccccc2C2=N[C@H](CCC(=O)NCc3ccc4c(c3)OCO4)C(=O)N12. The molecule has 0 saturated heterocycles. The molecule has 0 aromatic heterocycles. The van der Waals surface area contributed by atoms with Crippen LogP contribution in [0.5, 0.6) is 11.5 Å². The number of carbonyl (C=O) groups is 2. The number of hydrogen-bond acceptors (Lipinski definition) is 8. The van der Waals surface area contributed by atoms with Gasteiger partial charge in [0, 0.05) is 18.5 Å². The van der Waals surface area contributed by atoms with E-state index in [4.69, 9.17) is 14.7 Å². The molecule has 2 aromatic rings. The Morgan fingerprint density at radius 2 is 2.09 bits per heavy atom. The summed E-state index contributed by atoms with van der Waals surface area (Å²) < 4.78 is 10.6. The molecule has 5 rings (SSSR count). The highest BCUT2D eigenvalue weighted by molar-refractivity contribution is 8.14. The van der Waals surface area contributed by atoms with E-state index in [1.54, 1.807) is 0 Å². The molecule has 3 aliphatic rings. The van der Waals surface area contributed by atoms with Gasteiger partial charge in [0.05, 0.1) is 17.5 Å². The van der Waals surface area contributed by atoms with E-state index in [0.29, 0.717) is 34.7 Å². The van der Waals surface area contributed by atoms with Crippen molar-refractivity contribution in [1.82, 2.24) is 10.2 Å². The lowest BCUT2D eigenvalue weighted by Crippen LogP contribution is -2.41. The molecule has 2 aromatic carbocycles. The Hall–Kier alpha value is -3.84. The van der Waals surface area contributed by atoms with Crippen LogP contribution in [-0.4, -0.2) is 46.3 Å². The van der Waals surface area contributed by atoms with Crippen molar-refractivity contribution < 1.29 is 19.1 Å². The zero-order valence-corrected chi connectivity index (χ0v) is 18.3. The molecule has 1 N–H and O–H groups in total. The number of rotatable bonds is 6. The van der Waals surface area contributed by atoms with Gasteiger partial charge in [0.15, 0.2) is 16.7 Å². The number of para-hydroxylation sites is 1. The molecule has 1 atom stereocenters. The van der Waals surface area contributed by atoms with Crippen LogP contribution in [0.15, 0.2) is 52.4 Å². The number of nitrogens with one attached hydrogen (secondary N) is 1. The van der Waals surface area contributed by atoms with E-state index in [1.165, 1.54) is 16.7 Å². The third kappa shape index (κ3) is 4.15. The van der Waals surface area contributed by atoms with Crippen LogP contribution in [0.1, 0.15) is 24.0 Å². The lowest BCUT2D eigenvalue weighted by Gasteiger charge is -2.25. The van der Waals surface area contributed by atoms with Gasteiger partial charge >= 0.3 is 0 Å². The van der Waals surface area contributed by atoms with Gasteiger partial charge < -0.3 is 14.8 Å². The number of fused-ring (bicyclic) bond motifs is 4. The molecule has 0 spiro atoms. The number of nitriles is 1. The normalized spacial score (nSPS) is 17.6. The van der Waals surface area contributed by atoms with Crippen LogP contribution in [0.3, 0.4) is 0 Å². The molecule has 2 amide bonds. The first-order valence-corrected chi connectivity index (χ1v) is 11.4. The average Bonchev–Trinajstić information content (AvgIpc) is 3.44. The number of nitrogens with zero attached hydrogens (tertiary/aromatic N) is 4. The molecule has 0 fully saturated rings. The van der Waals surface area contributed by atoms with Crippen LogP contribution in [0.25, 0.3) is 0 Å². The quantitative estimate of drug-likeness (QED) is 0.707. The van der Waals surface area contributed by atoms with Crippen LogP contribution < -0.4 is 14.8 Å². The predicted molar refractivity (Wildman–Crippen MR) is 122 cm³/mol. The van der Waals surface area contributed by atoms with Crippen LogP contribution in [0, 0.1) is 11.3 Å². The Morgan fingerprint density at radius 3 is 2.97 bits per heavy atom. The number of benzene rings is 2. The summed E-state index contributed by atoms with van der Waals surface area (Å²) >= 11 is 1.20. The van der Waals surface area contributed by atoms with Crippen LogP contribution in [-0.2, 0) is 16.1 Å². The molecule has 0 bridgehead atoms. The smallest absolute Gasteiger partial charge is 0.259 e. The van der Waals surface area contributed by atoms with Crippen LogP contribution in [0.4, 0.5) is 5.69 Å². The molecule has 3 aliphatic heterocycles. The average molecular weight is 462 g/mol. The van der Waals surface area contributed by atoms with E-state index in [-0.39, 0.29) is 37.2 Å². The summed E-state index contributed by atoms with van der Waals surface area (Å²) in [6, 6.07) is 14.4. The maximum Gasteiger partial charge on any atom is 0.259 e. The number of hydrogen-bond donors (Lipinski definition) is 1. The number of amidine groups is 2. The largest absolute Gasteiger partial charge is 0.454 e. The fourth-order valence-corrected chi connectivity index (χ4v) is 4.45. The second-order valence-electron chi connectivity index (χ2n) is 7.50. The summed E-state index contributed by atoms with van der Waals surface area (Å²) in [4.78, 5) is 36.2. The highest BCUT2D eigenvalue weighted by Gasteiger charge is 2.41. The molecule has 0 saturated carbocycles. The van der Waals surface area contributed by atoms with Crippen molar-refractivity contribution in [2.24, 2.45) is 9.98 Å². The molecule has 0 radical (unpaired) electrons. The van der Waals surface area contributed by atoms with Crippen molar-refractivity contribution in [1.29, 1.82) is 5.26 Å². The third-order valence-corrected chi connectivity index (χ3v) is 6.19. The molecule has 10 heteroatoms. The summed E-state index contributed by atoms with van der Waals surface area (Å²) in [5.74, 6) is 1.66. The number of thioether (sulfide) groups is 1. The summed E-state index contributed by atoms with van der Waals surface area (Å²) in [6.07, 6.45) is 0.440. The van der Waals surface area contributed by atoms with Crippen molar-refractivity contribution in [2.45, 2.75) is 25.4 Å². The van der Waals surface area contributed by atoms with Crippen molar-refractivity contribution >= 4 is 40.3 Å². The monoisotopic (exact) mass is 461 g/mol. The molecule has 9 nitrogen and oxygen atoms in total. The molecule has 0 aliphatic carbocycles. The van der Waals surface area contributed by atoms with Gasteiger partial charge in [0.1, 0.15) is 11.9 Å². The Bertz CT molecular complexity index is 1240. The summed E-state index contributed by atoms with van der Waals surface area (Å²) in [5.41, 5.74) is 2.37. The van der Waals surface area contributed by atoms with Gasteiger partial charge in [-0.2, -0.15) is 5.26 Å². The van der Waals surface area contributed by atoms with E-state index in [0.717, 1.165) is 11.1 Å². The van der Waals surface area contributed by atoms with Crippen molar-refractivity contribution in [3.8, 4) is 17.6 Å². The first-order chi connectivity index (χ1) is 16.1. The Labute approximate surface area is 194 Å². The molecule has 166 valence electrons. The van der Waals surface area contributed by atoms with E-state index < -0.39 is 6.04 Å². The molecular formula is C23H19N5O4S. The molecule has 33 heavy (non-hydrogen) atoms. The number of aliphatic imine (C=N–C) groups is 2. The van der Waals surface area contributed by atoms with Crippen molar-refractivity contribution in [3.05, 3.63) is 53.6 Å². The zero-order chi connectivity index (χ0) is 22.8. The van der Waals surface area contributed by atoms with E-state index >= 15 is 0 Å². The second kappa shape index (κ2) is 8.96. The minimum Gasteiger partial charge on any atom is -0.454 e. The summed E-state index contributed by atoms with van der Waals surface area (Å²) in [6.45, 7) is 0.551. The second-order valence-corrected chi connectivity index (χ2v) is 8.45. The van der Waals surface area contributed by atoms with E-state index in [2.05, 4.69) is 21.4 Å². The Morgan fingerprint density at radius 1 is 1.24 bits per heavy atom.